The van der Waals surface area contributed by atoms with Crippen LogP contribution in [0.2, 0.25) is 0 Å². The van der Waals surface area contributed by atoms with Gasteiger partial charge in [0.2, 0.25) is 0 Å². The zero-order valence-corrected chi connectivity index (χ0v) is 22.9. The standard InChI is InChI=1S/C24H26BrN5O6S/c1-15(2)36-23(32)28-24(22(31)35-4)9-11-29(12-10-24)20-19-18(25)13-30(21(19)27-14-26-20)37(33,34)17-7-5-16(3)6-8-17/h5-8,13-14H,1,9-12H2,2-4H3,(H,28,32). The van der Waals surface area contributed by atoms with Gasteiger partial charge in [0.1, 0.15) is 17.7 Å². The van der Waals surface area contributed by atoms with E-state index < -0.39 is 27.6 Å². The van der Waals surface area contributed by atoms with E-state index in [9.17, 15) is 18.0 Å². The highest BCUT2D eigenvalue weighted by Crippen LogP contribution is 2.36. The monoisotopic (exact) mass is 591 g/mol. The molecule has 11 nitrogen and oxygen atoms in total. The summed E-state index contributed by atoms with van der Waals surface area (Å²) in [6.45, 7) is 7.57. The molecule has 0 saturated carbocycles. The quantitative estimate of drug-likeness (QED) is 0.337. The number of amides is 1. The van der Waals surface area contributed by atoms with Gasteiger partial charge in [-0.25, -0.2) is 31.9 Å². The van der Waals surface area contributed by atoms with E-state index in [2.05, 4.69) is 37.8 Å². The first-order valence-electron chi connectivity index (χ1n) is 11.3. The Bertz CT molecular complexity index is 1480. The average Bonchev–Trinajstić information content (AvgIpc) is 3.21. The summed E-state index contributed by atoms with van der Waals surface area (Å²) in [7, 11) is -2.66. The zero-order valence-electron chi connectivity index (χ0n) is 20.5. The minimum atomic E-state index is -3.92. The van der Waals surface area contributed by atoms with Crippen molar-refractivity contribution in [2.24, 2.45) is 0 Å². The van der Waals surface area contributed by atoms with Crippen LogP contribution in [0.5, 0.6) is 0 Å². The Kier molecular flexibility index (Phi) is 7.29. The number of rotatable bonds is 6. The van der Waals surface area contributed by atoms with Crippen LogP contribution in [0.15, 0.2) is 58.5 Å². The molecule has 3 aromatic rings. The number of esters is 1. The first-order chi connectivity index (χ1) is 17.5. The molecule has 1 aromatic carbocycles. The van der Waals surface area contributed by atoms with Crippen molar-refractivity contribution < 1.29 is 27.5 Å². The Balaban J connectivity index is 1.66. The van der Waals surface area contributed by atoms with Gasteiger partial charge in [-0.2, -0.15) is 0 Å². The molecule has 37 heavy (non-hydrogen) atoms. The summed E-state index contributed by atoms with van der Waals surface area (Å²) < 4.78 is 38.4. The maximum atomic E-state index is 13.4. The largest absolute Gasteiger partial charge is 0.467 e. The number of hydrogen-bond acceptors (Lipinski definition) is 9. The number of carbonyl (C=O) groups is 2. The van der Waals surface area contributed by atoms with Crippen molar-refractivity contribution in [3.8, 4) is 0 Å². The van der Waals surface area contributed by atoms with Crippen molar-refractivity contribution in [1.82, 2.24) is 19.3 Å². The van der Waals surface area contributed by atoms with E-state index in [1.807, 2.05) is 11.8 Å². The predicted octanol–water partition coefficient (Wildman–Crippen LogP) is 3.51. The number of carbonyl (C=O) groups excluding carboxylic acids is 2. The van der Waals surface area contributed by atoms with E-state index in [1.165, 1.54) is 26.6 Å². The maximum absolute atomic E-state index is 13.4. The third kappa shape index (κ3) is 5.05. The van der Waals surface area contributed by atoms with Gasteiger partial charge in [0.25, 0.3) is 10.0 Å². The van der Waals surface area contributed by atoms with Crippen LogP contribution in [0.25, 0.3) is 11.0 Å². The number of benzene rings is 1. The van der Waals surface area contributed by atoms with Crippen molar-refractivity contribution in [2.75, 3.05) is 25.1 Å². The smallest absolute Gasteiger partial charge is 0.413 e. The minimum Gasteiger partial charge on any atom is -0.467 e. The molecule has 3 heterocycles. The Morgan fingerprint density at radius 3 is 2.41 bits per heavy atom. The van der Waals surface area contributed by atoms with E-state index in [0.717, 1.165) is 9.54 Å². The van der Waals surface area contributed by atoms with Crippen LogP contribution in [0.4, 0.5) is 10.6 Å². The normalized spacial score (nSPS) is 15.3. The number of ether oxygens (including phenoxy) is 2. The second kappa shape index (κ2) is 10.1. The number of nitrogens with zero attached hydrogens (tertiary/aromatic N) is 4. The van der Waals surface area contributed by atoms with Crippen molar-refractivity contribution >= 4 is 54.9 Å². The number of methoxy groups -OCH3 is 1. The summed E-state index contributed by atoms with van der Waals surface area (Å²) in [5.74, 6) is 0.0983. The Hall–Kier alpha value is -3.45. The molecule has 1 N–H and O–H groups in total. The number of halogens is 1. The third-order valence-electron chi connectivity index (χ3n) is 6.16. The van der Waals surface area contributed by atoms with E-state index in [0.29, 0.717) is 28.8 Å². The van der Waals surface area contributed by atoms with Gasteiger partial charge < -0.3 is 19.7 Å². The maximum Gasteiger partial charge on any atom is 0.413 e. The summed E-state index contributed by atoms with van der Waals surface area (Å²) in [5.41, 5.74) is -0.134. The van der Waals surface area contributed by atoms with Crippen molar-refractivity contribution in [3.05, 3.63) is 59.2 Å². The van der Waals surface area contributed by atoms with Crippen molar-refractivity contribution in [3.63, 3.8) is 0 Å². The fourth-order valence-electron chi connectivity index (χ4n) is 4.28. The van der Waals surface area contributed by atoms with Crippen LogP contribution in [0.3, 0.4) is 0 Å². The van der Waals surface area contributed by atoms with Gasteiger partial charge in [-0.1, -0.05) is 24.3 Å². The first-order valence-corrected chi connectivity index (χ1v) is 13.5. The SMILES string of the molecule is C=C(C)OC(=O)NC1(C(=O)OC)CCN(c2ncnc3c2c(Br)cn3S(=O)(=O)c2ccc(C)cc2)CC1. The number of anilines is 1. The van der Waals surface area contributed by atoms with E-state index >= 15 is 0 Å². The molecule has 13 heteroatoms. The van der Waals surface area contributed by atoms with Crippen LogP contribution < -0.4 is 10.2 Å². The van der Waals surface area contributed by atoms with E-state index in [4.69, 9.17) is 9.47 Å². The number of nitrogens with one attached hydrogen (secondary N) is 1. The Labute approximate surface area is 222 Å². The molecule has 1 amide bonds. The molecule has 0 bridgehead atoms. The van der Waals surface area contributed by atoms with Crippen LogP contribution in [-0.4, -0.2) is 60.2 Å². The van der Waals surface area contributed by atoms with Gasteiger partial charge >= 0.3 is 12.1 Å². The lowest BCUT2D eigenvalue weighted by Crippen LogP contribution is -2.60. The van der Waals surface area contributed by atoms with E-state index in [1.54, 1.807) is 24.3 Å². The van der Waals surface area contributed by atoms with Crippen LogP contribution in [0.1, 0.15) is 25.3 Å². The third-order valence-corrected chi connectivity index (χ3v) is 8.43. The second-order valence-electron chi connectivity index (χ2n) is 8.76. The molecule has 2 aromatic heterocycles. The number of aryl methyl sites for hydroxylation is 1. The van der Waals surface area contributed by atoms with Gasteiger partial charge in [-0.15, -0.1) is 0 Å². The van der Waals surface area contributed by atoms with Gasteiger partial charge in [0.15, 0.2) is 5.65 Å². The molecule has 1 aliphatic heterocycles. The van der Waals surface area contributed by atoms with Crippen molar-refractivity contribution in [2.45, 2.75) is 37.1 Å². The molecule has 4 rings (SSSR count). The van der Waals surface area contributed by atoms with Crippen LogP contribution in [-0.2, 0) is 24.3 Å². The number of aromatic nitrogens is 3. The summed E-state index contributed by atoms with van der Waals surface area (Å²) in [6.07, 6.45) is 2.37. The average molecular weight is 592 g/mol. The summed E-state index contributed by atoms with van der Waals surface area (Å²) in [6, 6.07) is 6.57. The number of hydrogen-bond donors (Lipinski definition) is 1. The fourth-order valence-corrected chi connectivity index (χ4v) is 6.29. The van der Waals surface area contributed by atoms with Gasteiger partial charge in [-0.3, -0.25) is 0 Å². The number of fused-ring (bicyclic) bond motifs is 1. The molecule has 1 saturated heterocycles. The highest BCUT2D eigenvalue weighted by Gasteiger charge is 2.45. The lowest BCUT2D eigenvalue weighted by Gasteiger charge is -2.40. The minimum absolute atomic E-state index is 0.135. The van der Waals surface area contributed by atoms with Gasteiger partial charge in [0.05, 0.1) is 23.2 Å². The number of piperidine rings is 1. The molecular formula is C24H26BrN5O6S. The lowest BCUT2D eigenvalue weighted by atomic mass is 9.87. The van der Waals surface area contributed by atoms with Crippen LogP contribution in [0, 0.1) is 6.92 Å². The Morgan fingerprint density at radius 1 is 1.16 bits per heavy atom. The zero-order chi connectivity index (χ0) is 27.0. The molecule has 0 spiro atoms. The predicted molar refractivity (Wildman–Crippen MR) is 140 cm³/mol. The highest BCUT2D eigenvalue weighted by molar-refractivity contribution is 9.10. The summed E-state index contributed by atoms with van der Waals surface area (Å²) in [5, 5.41) is 3.14. The van der Waals surface area contributed by atoms with Gasteiger partial charge in [0, 0.05) is 23.8 Å². The van der Waals surface area contributed by atoms with E-state index in [-0.39, 0.29) is 29.1 Å². The topological polar surface area (TPSA) is 133 Å². The summed E-state index contributed by atoms with van der Waals surface area (Å²) in [4.78, 5) is 35.6. The summed E-state index contributed by atoms with van der Waals surface area (Å²) >= 11 is 3.48. The molecule has 1 fully saturated rings. The number of allylic oxidation sites excluding steroid dienone is 1. The molecule has 196 valence electrons. The van der Waals surface area contributed by atoms with Crippen LogP contribution >= 0.6 is 15.9 Å². The fraction of sp³-hybridized carbons (Fsp3) is 0.333. The first kappa shape index (κ1) is 26.6. The molecule has 1 aliphatic rings. The molecule has 0 atom stereocenters. The second-order valence-corrected chi connectivity index (χ2v) is 11.4. The number of alkyl carbamates (subject to hydrolysis) is 1. The lowest BCUT2D eigenvalue weighted by molar-refractivity contribution is -0.149. The molecule has 0 aliphatic carbocycles. The highest BCUT2D eigenvalue weighted by atomic mass is 79.9. The van der Waals surface area contributed by atoms with Gasteiger partial charge in [-0.05, 0) is 54.8 Å². The molecule has 0 radical (unpaired) electrons. The molecular weight excluding hydrogens is 566 g/mol. The Morgan fingerprint density at radius 2 is 1.81 bits per heavy atom. The van der Waals surface area contributed by atoms with Crippen molar-refractivity contribution in [1.29, 1.82) is 0 Å². The molecule has 0 unspecified atom stereocenters.